The quantitative estimate of drug-likeness (QED) is 0.415. The molecular weight excluding hydrogens is 459 g/mol. The Kier molecular flexibility index (Phi) is 7.42. The van der Waals surface area contributed by atoms with E-state index in [0.29, 0.717) is 52.0 Å². The smallest absolute Gasteiger partial charge is 0.306 e. The molecule has 4 rings (SSSR count). The Balaban J connectivity index is 1.20. The third-order valence-electron chi connectivity index (χ3n) is 5.86. The highest BCUT2D eigenvalue weighted by Gasteiger charge is 2.26. The molecule has 3 N–H and O–H groups in total. The lowest BCUT2D eigenvalue weighted by molar-refractivity contribution is -0.143. The Morgan fingerprint density at radius 2 is 1.65 bits per heavy atom. The first-order chi connectivity index (χ1) is 16.4. The van der Waals surface area contributed by atoms with E-state index in [-0.39, 0.29) is 42.7 Å². The number of amides is 2. The lowest BCUT2D eigenvalue weighted by atomic mass is 9.87. The van der Waals surface area contributed by atoms with Gasteiger partial charge in [-0.1, -0.05) is 12.1 Å². The molecule has 2 aromatic carbocycles. The number of hydrogen-bond donors (Lipinski definition) is 3. The summed E-state index contributed by atoms with van der Waals surface area (Å²) in [5, 5.41) is 15.2. The van der Waals surface area contributed by atoms with Gasteiger partial charge in [0.25, 0.3) is 11.8 Å². The van der Waals surface area contributed by atoms with Crippen LogP contribution in [0, 0.1) is 11.7 Å². The monoisotopic (exact) mass is 484 g/mol. The van der Waals surface area contributed by atoms with Crippen LogP contribution in [0.3, 0.4) is 0 Å². The van der Waals surface area contributed by atoms with Crippen molar-refractivity contribution in [2.24, 2.45) is 5.92 Å². The van der Waals surface area contributed by atoms with Crippen molar-refractivity contribution in [1.29, 1.82) is 0 Å². The zero-order valence-electron chi connectivity index (χ0n) is 18.4. The molecule has 3 aromatic rings. The molecule has 2 amide bonds. The number of halogens is 1. The summed E-state index contributed by atoms with van der Waals surface area (Å²) in [6, 6.07) is 13.1. The lowest BCUT2D eigenvalue weighted by Gasteiger charge is -2.26. The van der Waals surface area contributed by atoms with Gasteiger partial charge < -0.3 is 20.5 Å². The van der Waals surface area contributed by atoms with Gasteiger partial charge in [0.15, 0.2) is 0 Å². The molecule has 1 fully saturated rings. The summed E-state index contributed by atoms with van der Waals surface area (Å²) in [6.07, 6.45) is 2.59. The van der Waals surface area contributed by atoms with Crippen LogP contribution in [-0.2, 0) is 4.79 Å². The first kappa shape index (κ1) is 23.7. The predicted molar refractivity (Wildman–Crippen MR) is 127 cm³/mol. The number of benzene rings is 2. The Morgan fingerprint density at radius 1 is 0.971 bits per heavy atom. The molecule has 0 saturated heterocycles. The summed E-state index contributed by atoms with van der Waals surface area (Å²) in [5.41, 5.74) is 0.466. The second-order valence-electron chi connectivity index (χ2n) is 8.23. The van der Waals surface area contributed by atoms with Gasteiger partial charge in [0.1, 0.15) is 11.6 Å². The van der Waals surface area contributed by atoms with Crippen molar-refractivity contribution in [2.45, 2.75) is 31.8 Å². The summed E-state index contributed by atoms with van der Waals surface area (Å²) in [4.78, 5) is 36.1. The second kappa shape index (κ2) is 10.6. The molecule has 0 radical (unpaired) electrons. The van der Waals surface area contributed by atoms with Gasteiger partial charge in [-0.3, -0.25) is 14.4 Å². The van der Waals surface area contributed by atoms with E-state index in [1.54, 1.807) is 42.5 Å². The van der Waals surface area contributed by atoms with Gasteiger partial charge in [-0.25, -0.2) is 4.39 Å². The molecule has 0 spiro atoms. The van der Waals surface area contributed by atoms with Crippen molar-refractivity contribution >= 4 is 39.2 Å². The maximum absolute atomic E-state index is 13.8. The fourth-order valence-electron chi connectivity index (χ4n) is 3.99. The van der Waals surface area contributed by atoms with Gasteiger partial charge in [0.05, 0.1) is 21.6 Å². The van der Waals surface area contributed by atoms with Crippen LogP contribution in [0.1, 0.15) is 45.7 Å². The second-order valence-corrected chi connectivity index (χ2v) is 9.29. The van der Waals surface area contributed by atoms with Crippen LogP contribution >= 0.6 is 11.3 Å². The average molecular weight is 485 g/mol. The maximum atomic E-state index is 13.8. The number of carbonyl (C=O) groups is 3. The molecule has 1 aliphatic rings. The number of carbonyl (C=O) groups excluding carboxylic acids is 2. The fraction of sp³-hybridized carbons (Fsp3) is 0.320. The number of ether oxygens (including phenoxy) is 1. The molecule has 0 atom stereocenters. The average Bonchev–Trinajstić information content (AvgIpc) is 3.28. The van der Waals surface area contributed by atoms with Gasteiger partial charge in [0.2, 0.25) is 0 Å². The highest BCUT2D eigenvalue weighted by molar-refractivity contribution is 7.20. The number of thiophene rings is 1. The number of rotatable bonds is 8. The Bertz CT molecular complexity index is 1190. The van der Waals surface area contributed by atoms with Crippen LogP contribution in [-0.4, -0.2) is 42.1 Å². The van der Waals surface area contributed by atoms with E-state index >= 15 is 0 Å². The maximum Gasteiger partial charge on any atom is 0.306 e. The van der Waals surface area contributed by atoms with Crippen molar-refractivity contribution in [3.05, 3.63) is 64.8 Å². The third-order valence-corrected chi connectivity index (χ3v) is 7.02. The molecule has 0 unspecified atom stereocenters. The van der Waals surface area contributed by atoms with E-state index in [0.717, 1.165) is 11.3 Å². The van der Waals surface area contributed by atoms with Crippen molar-refractivity contribution in [2.75, 3.05) is 13.1 Å². The molecule has 7 nitrogen and oxygen atoms in total. The molecular formula is C25H25FN2O5S. The van der Waals surface area contributed by atoms with Crippen LogP contribution in [0.5, 0.6) is 5.75 Å². The van der Waals surface area contributed by atoms with E-state index in [1.165, 1.54) is 6.07 Å². The highest BCUT2D eigenvalue weighted by atomic mass is 32.1. The van der Waals surface area contributed by atoms with Crippen molar-refractivity contribution in [3.8, 4) is 5.75 Å². The molecule has 1 aromatic heterocycles. The summed E-state index contributed by atoms with van der Waals surface area (Å²) >= 11 is 1.10. The predicted octanol–water partition coefficient (Wildman–Crippen LogP) is 4.22. The highest BCUT2D eigenvalue weighted by Crippen LogP contribution is 2.29. The molecule has 0 bridgehead atoms. The zero-order chi connectivity index (χ0) is 24.1. The largest absolute Gasteiger partial charge is 0.490 e. The van der Waals surface area contributed by atoms with Crippen LogP contribution in [0.2, 0.25) is 0 Å². The number of fused-ring (bicyclic) bond motifs is 1. The van der Waals surface area contributed by atoms with E-state index in [1.807, 2.05) is 0 Å². The van der Waals surface area contributed by atoms with Gasteiger partial charge in [0, 0.05) is 18.7 Å². The summed E-state index contributed by atoms with van der Waals surface area (Å²) in [7, 11) is 0. The van der Waals surface area contributed by atoms with Gasteiger partial charge in [-0.2, -0.15) is 0 Å². The molecule has 0 aliphatic heterocycles. The Morgan fingerprint density at radius 3 is 2.29 bits per heavy atom. The Hall–Kier alpha value is -3.46. The summed E-state index contributed by atoms with van der Waals surface area (Å²) in [5.74, 6) is -1.33. The minimum absolute atomic E-state index is 0.0173. The fourth-order valence-corrected chi connectivity index (χ4v) is 4.97. The number of carboxylic acids is 1. The minimum atomic E-state index is -0.746. The zero-order valence-corrected chi connectivity index (χ0v) is 19.2. The summed E-state index contributed by atoms with van der Waals surface area (Å²) < 4.78 is 20.2. The topological polar surface area (TPSA) is 105 Å². The minimum Gasteiger partial charge on any atom is -0.490 e. The number of aliphatic carboxylic acids is 1. The molecule has 34 heavy (non-hydrogen) atoms. The van der Waals surface area contributed by atoms with Crippen LogP contribution in [0.4, 0.5) is 4.39 Å². The van der Waals surface area contributed by atoms with Crippen molar-refractivity contribution in [1.82, 2.24) is 10.6 Å². The third kappa shape index (κ3) is 5.72. The molecule has 178 valence electrons. The number of carboxylic acid groups (broad SMARTS) is 1. The molecule has 1 aliphatic carbocycles. The van der Waals surface area contributed by atoms with Crippen LogP contribution in [0.25, 0.3) is 10.1 Å². The molecule has 1 heterocycles. The Labute approximate surface area is 199 Å². The number of hydrogen-bond acceptors (Lipinski definition) is 5. The van der Waals surface area contributed by atoms with Crippen molar-refractivity contribution < 1.29 is 28.6 Å². The van der Waals surface area contributed by atoms with Gasteiger partial charge in [-0.15, -0.1) is 11.3 Å². The van der Waals surface area contributed by atoms with Crippen LogP contribution in [0.15, 0.2) is 48.5 Å². The van der Waals surface area contributed by atoms with Gasteiger partial charge in [-0.05, 0) is 67.5 Å². The lowest BCUT2D eigenvalue weighted by Crippen LogP contribution is -2.34. The van der Waals surface area contributed by atoms with Gasteiger partial charge >= 0.3 is 5.97 Å². The SMILES string of the molecule is O=C(NCCNC(=O)c1cc2cccc(F)c2s1)c1ccc(OC2CCC(C(=O)O)CC2)cc1. The van der Waals surface area contributed by atoms with Crippen molar-refractivity contribution in [3.63, 3.8) is 0 Å². The van der Waals surface area contributed by atoms with E-state index in [4.69, 9.17) is 9.84 Å². The van der Waals surface area contributed by atoms with E-state index in [9.17, 15) is 18.8 Å². The van der Waals surface area contributed by atoms with E-state index < -0.39 is 5.97 Å². The first-order valence-corrected chi connectivity index (χ1v) is 12.0. The molecule has 9 heteroatoms. The normalized spacial score (nSPS) is 17.8. The molecule has 1 saturated carbocycles. The van der Waals surface area contributed by atoms with E-state index in [2.05, 4.69) is 10.6 Å². The number of nitrogens with one attached hydrogen (secondary N) is 2. The first-order valence-electron chi connectivity index (χ1n) is 11.1. The standard InChI is InChI=1S/C25H25FN2O5S/c26-20-3-1-2-17-14-21(34-22(17)20)24(30)28-13-12-27-23(29)15-4-8-18(9-5-15)33-19-10-6-16(7-11-19)25(31)32/h1-5,8-9,14,16,19H,6-7,10-13H2,(H,27,29)(H,28,30)(H,31,32). The van der Waals surface area contributed by atoms with Crippen LogP contribution < -0.4 is 15.4 Å². The summed E-state index contributed by atoms with van der Waals surface area (Å²) in [6.45, 7) is 0.483.